The van der Waals surface area contributed by atoms with Crippen LogP contribution in [-0.2, 0) is 35.0 Å². The highest BCUT2D eigenvalue weighted by Crippen LogP contribution is 2.31. The van der Waals surface area contributed by atoms with E-state index in [1.54, 1.807) is 26.8 Å². The van der Waals surface area contributed by atoms with Gasteiger partial charge in [-0.15, -0.1) is 0 Å². The molecule has 11 heteroatoms. The monoisotopic (exact) mass is 511 g/mol. The molecule has 0 saturated heterocycles. The minimum absolute atomic E-state index is 0.0167. The van der Waals surface area contributed by atoms with Crippen LogP contribution in [0, 0.1) is 0 Å². The SMILES string of the molecule is CCC(=O)OCC[C@@](N)(Cc1ccc(OC(=O)OC(C)CC)c(OC(=O)OC(C)CC)c1)C(=O)OC. The molecule has 0 fully saturated rings. The molecule has 0 aliphatic heterocycles. The third-order valence-electron chi connectivity index (χ3n) is 5.35. The van der Waals surface area contributed by atoms with Gasteiger partial charge < -0.3 is 34.2 Å². The lowest BCUT2D eigenvalue weighted by atomic mass is 9.88. The first-order chi connectivity index (χ1) is 17.0. The lowest BCUT2D eigenvalue weighted by molar-refractivity contribution is -0.151. The summed E-state index contributed by atoms with van der Waals surface area (Å²) in [4.78, 5) is 48.3. The number of esters is 2. The van der Waals surface area contributed by atoms with Gasteiger partial charge in [0.05, 0.1) is 13.7 Å². The van der Waals surface area contributed by atoms with Gasteiger partial charge in [0.25, 0.3) is 0 Å². The van der Waals surface area contributed by atoms with Gasteiger partial charge in [-0.2, -0.15) is 0 Å². The maximum absolute atomic E-state index is 12.5. The fourth-order valence-electron chi connectivity index (χ4n) is 2.83. The highest BCUT2D eigenvalue weighted by atomic mass is 16.7. The molecule has 1 aromatic rings. The third-order valence-corrected chi connectivity index (χ3v) is 5.35. The average Bonchev–Trinajstić information content (AvgIpc) is 2.84. The summed E-state index contributed by atoms with van der Waals surface area (Å²) in [5, 5.41) is 0. The van der Waals surface area contributed by atoms with Crippen LogP contribution in [0.2, 0.25) is 0 Å². The van der Waals surface area contributed by atoms with Crippen molar-refractivity contribution in [3.63, 3.8) is 0 Å². The summed E-state index contributed by atoms with van der Waals surface area (Å²) in [6.07, 6.45) is -1.49. The molecule has 1 rings (SSSR count). The molecule has 2 N–H and O–H groups in total. The summed E-state index contributed by atoms with van der Waals surface area (Å²) in [6.45, 7) is 8.64. The van der Waals surface area contributed by atoms with Gasteiger partial charge in [-0.3, -0.25) is 9.59 Å². The quantitative estimate of drug-likeness (QED) is 0.232. The number of benzene rings is 1. The van der Waals surface area contributed by atoms with Crippen LogP contribution in [0.3, 0.4) is 0 Å². The third kappa shape index (κ3) is 10.1. The van der Waals surface area contributed by atoms with Gasteiger partial charge in [-0.1, -0.05) is 26.8 Å². The Morgan fingerprint density at radius 1 is 0.917 bits per heavy atom. The molecule has 0 aliphatic carbocycles. The number of hydrogen-bond donors (Lipinski definition) is 1. The number of nitrogens with two attached hydrogens (primary N) is 1. The van der Waals surface area contributed by atoms with Crippen LogP contribution in [0.1, 0.15) is 65.9 Å². The second kappa shape index (κ2) is 14.9. The van der Waals surface area contributed by atoms with Gasteiger partial charge >= 0.3 is 24.2 Å². The molecule has 36 heavy (non-hydrogen) atoms. The summed E-state index contributed by atoms with van der Waals surface area (Å²) in [5.74, 6) is -1.37. The van der Waals surface area contributed by atoms with Crippen molar-refractivity contribution < 1.29 is 47.6 Å². The van der Waals surface area contributed by atoms with E-state index in [0.717, 1.165) is 0 Å². The van der Waals surface area contributed by atoms with Crippen LogP contribution < -0.4 is 15.2 Å². The molecule has 0 bridgehead atoms. The van der Waals surface area contributed by atoms with E-state index in [2.05, 4.69) is 0 Å². The standard InChI is InChI=1S/C25H37NO10/c1-7-16(4)33-23(29)35-19-11-10-18(14-20(19)36-24(30)34-17(5)8-2)15-25(26,22(28)31-6)12-13-32-21(27)9-3/h10-11,14,16-17H,7-9,12-13,15,26H2,1-6H3/t16?,17?,25-/m1/s1. The van der Waals surface area contributed by atoms with Crippen molar-refractivity contribution in [3.05, 3.63) is 23.8 Å². The smallest absolute Gasteiger partial charge is 0.468 e. The minimum atomic E-state index is -1.55. The molecule has 0 aromatic heterocycles. The zero-order chi connectivity index (χ0) is 27.3. The van der Waals surface area contributed by atoms with Crippen molar-refractivity contribution in [1.82, 2.24) is 0 Å². The fraction of sp³-hybridized carbons (Fsp3) is 0.600. The van der Waals surface area contributed by atoms with Crippen molar-refractivity contribution in [2.75, 3.05) is 13.7 Å². The summed E-state index contributed by atoms with van der Waals surface area (Å²) < 4.78 is 30.7. The number of ether oxygens (including phenoxy) is 6. The van der Waals surface area contributed by atoms with Crippen LogP contribution in [0.5, 0.6) is 11.5 Å². The van der Waals surface area contributed by atoms with Gasteiger partial charge in [0.1, 0.15) is 17.7 Å². The number of carbonyl (C=O) groups is 4. The highest BCUT2D eigenvalue weighted by molar-refractivity contribution is 5.81. The van der Waals surface area contributed by atoms with E-state index in [-0.39, 0.29) is 43.5 Å². The molecule has 3 atom stereocenters. The van der Waals surface area contributed by atoms with E-state index in [1.165, 1.54) is 19.2 Å². The molecule has 0 radical (unpaired) electrons. The van der Waals surface area contributed by atoms with Crippen LogP contribution in [-0.4, -0.2) is 55.7 Å². The van der Waals surface area contributed by atoms with E-state index in [9.17, 15) is 19.2 Å². The predicted octanol–water partition coefficient (Wildman–Crippen LogP) is 4.07. The van der Waals surface area contributed by atoms with Crippen LogP contribution >= 0.6 is 0 Å². The Morgan fingerprint density at radius 3 is 1.97 bits per heavy atom. The van der Waals surface area contributed by atoms with Crippen molar-refractivity contribution in [2.45, 2.75) is 84.5 Å². The van der Waals surface area contributed by atoms with Crippen LogP contribution in [0.25, 0.3) is 0 Å². The van der Waals surface area contributed by atoms with Gasteiger partial charge in [0.2, 0.25) is 0 Å². The number of rotatable bonds is 13. The minimum Gasteiger partial charge on any atom is -0.468 e. The summed E-state index contributed by atoms with van der Waals surface area (Å²) in [7, 11) is 1.20. The van der Waals surface area contributed by atoms with Crippen LogP contribution in [0.15, 0.2) is 18.2 Å². The molecule has 0 heterocycles. The Balaban J connectivity index is 3.21. The Bertz CT molecular complexity index is 903. The van der Waals surface area contributed by atoms with Crippen molar-refractivity contribution in [2.24, 2.45) is 5.73 Å². The largest absolute Gasteiger partial charge is 0.514 e. The molecule has 2 unspecified atom stereocenters. The summed E-state index contributed by atoms with van der Waals surface area (Å²) in [6, 6.07) is 4.32. The fourth-order valence-corrected chi connectivity index (χ4v) is 2.83. The first kappa shape index (κ1) is 30.7. The summed E-state index contributed by atoms with van der Waals surface area (Å²) in [5.41, 5.74) is 5.24. The van der Waals surface area contributed by atoms with E-state index in [1.807, 2.05) is 13.8 Å². The van der Waals surface area contributed by atoms with Gasteiger partial charge in [-0.25, -0.2) is 9.59 Å². The van der Waals surface area contributed by atoms with Gasteiger partial charge in [0.15, 0.2) is 11.5 Å². The zero-order valence-corrected chi connectivity index (χ0v) is 21.8. The van der Waals surface area contributed by atoms with E-state index < -0.39 is 35.9 Å². The molecule has 0 spiro atoms. The molecule has 0 amide bonds. The Hall–Kier alpha value is -3.34. The first-order valence-electron chi connectivity index (χ1n) is 11.9. The van der Waals surface area contributed by atoms with E-state index in [4.69, 9.17) is 34.2 Å². The topological polar surface area (TPSA) is 150 Å². The number of methoxy groups -OCH3 is 1. The first-order valence-corrected chi connectivity index (χ1v) is 11.9. The second-order valence-electron chi connectivity index (χ2n) is 8.31. The lowest BCUT2D eigenvalue weighted by Crippen LogP contribution is -2.51. The van der Waals surface area contributed by atoms with Gasteiger partial charge in [-0.05, 0) is 44.4 Å². The summed E-state index contributed by atoms with van der Waals surface area (Å²) >= 11 is 0. The lowest BCUT2D eigenvalue weighted by Gasteiger charge is -2.26. The Kier molecular flexibility index (Phi) is 12.7. The normalized spacial score (nSPS) is 14.0. The maximum Gasteiger partial charge on any atom is 0.514 e. The Morgan fingerprint density at radius 2 is 1.47 bits per heavy atom. The number of hydrogen-bond acceptors (Lipinski definition) is 11. The van der Waals surface area contributed by atoms with E-state index in [0.29, 0.717) is 18.4 Å². The van der Waals surface area contributed by atoms with Crippen LogP contribution in [0.4, 0.5) is 9.59 Å². The average molecular weight is 512 g/mol. The Labute approximate surface area is 211 Å². The molecule has 0 aliphatic rings. The molecule has 1 aromatic carbocycles. The predicted molar refractivity (Wildman–Crippen MR) is 129 cm³/mol. The van der Waals surface area contributed by atoms with Gasteiger partial charge in [0, 0.05) is 19.3 Å². The van der Waals surface area contributed by atoms with Crippen molar-refractivity contribution >= 4 is 24.2 Å². The molecular weight excluding hydrogens is 474 g/mol. The molecular formula is C25H37NO10. The highest BCUT2D eigenvalue weighted by Gasteiger charge is 2.36. The maximum atomic E-state index is 12.5. The van der Waals surface area contributed by atoms with Crippen molar-refractivity contribution in [3.8, 4) is 11.5 Å². The zero-order valence-electron chi connectivity index (χ0n) is 21.8. The molecule has 11 nitrogen and oxygen atoms in total. The molecule has 202 valence electrons. The number of carbonyl (C=O) groups excluding carboxylic acids is 4. The second-order valence-corrected chi connectivity index (χ2v) is 8.31. The van der Waals surface area contributed by atoms with Crippen molar-refractivity contribution in [1.29, 1.82) is 0 Å². The van der Waals surface area contributed by atoms with E-state index >= 15 is 0 Å². The molecule has 0 saturated carbocycles.